The molecule has 5 heteroatoms. The molecule has 1 fully saturated rings. The number of nitrogens with zero attached hydrogens (tertiary/aromatic N) is 2. The maximum Gasteiger partial charge on any atom is 0.257 e. The molecule has 1 atom stereocenters. The van der Waals surface area contributed by atoms with Gasteiger partial charge in [0.1, 0.15) is 5.56 Å². The molecular weight excluding hydrogens is 326 g/mol. The lowest BCUT2D eigenvalue weighted by molar-refractivity contribution is 0.0947. The maximum absolute atomic E-state index is 12.3. The van der Waals surface area contributed by atoms with Crippen LogP contribution in [-0.4, -0.2) is 35.5 Å². The number of hydrogen-bond donors (Lipinski definition) is 1. The van der Waals surface area contributed by atoms with Crippen molar-refractivity contribution < 1.29 is 9.53 Å². The first-order valence-electron chi connectivity index (χ1n) is 9.26. The molecule has 0 saturated carbocycles. The molecule has 0 aliphatic carbocycles. The molecule has 1 amide bonds. The molecule has 1 N–H and O–H groups in total. The summed E-state index contributed by atoms with van der Waals surface area (Å²) >= 11 is 0. The largest absolute Gasteiger partial charge is 0.480 e. The molecule has 0 bridgehead atoms. The molecule has 26 heavy (non-hydrogen) atoms. The number of hydrogen-bond acceptors (Lipinski definition) is 4. The summed E-state index contributed by atoms with van der Waals surface area (Å²) < 4.78 is 5.14. The zero-order chi connectivity index (χ0) is 18.4. The van der Waals surface area contributed by atoms with Gasteiger partial charge in [-0.2, -0.15) is 0 Å². The lowest BCUT2D eigenvalue weighted by Gasteiger charge is -2.33. The highest BCUT2D eigenvalue weighted by molar-refractivity contribution is 5.96. The van der Waals surface area contributed by atoms with Crippen molar-refractivity contribution in [1.29, 1.82) is 0 Å². The van der Waals surface area contributed by atoms with Crippen LogP contribution in [0.1, 0.15) is 47.7 Å². The van der Waals surface area contributed by atoms with Crippen molar-refractivity contribution in [3.05, 3.63) is 59.3 Å². The number of carbonyl (C=O) groups excluding carboxylic acids is 1. The Morgan fingerprint density at radius 2 is 2.00 bits per heavy atom. The van der Waals surface area contributed by atoms with Crippen molar-refractivity contribution in [2.45, 2.75) is 45.3 Å². The highest BCUT2D eigenvalue weighted by Gasteiger charge is 2.18. The van der Waals surface area contributed by atoms with Crippen molar-refractivity contribution >= 4 is 5.91 Å². The lowest BCUT2D eigenvalue weighted by atomic mass is 10.0. The van der Waals surface area contributed by atoms with Crippen molar-refractivity contribution in [2.24, 2.45) is 0 Å². The predicted octanol–water partition coefficient (Wildman–Crippen LogP) is 3.39. The number of carbonyl (C=O) groups is 1. The molecular formula is C21H27N3O2. The van der Waals surface area contributed by atoms with Gasteiger partial charge in [-0.1, -0.05) is 30.7 Å². The number of nitrogens with one attached hydrogen (secondary N) is 1. The second kappa shape index (κ2) is 8.81. The van der Waals surface area contributed by atoms with Crippen molar-refractivity contribution in [3.63, 3.8) is 0 Å². The first kappa shape index (κ1) is 18.4. The second-order valence-corrected chi connectivity index (χ2v) is 6.87. The predicted molar refractivity (Wildman–Crippen MR) is 102 cm³/mol. The van der Waals surface area contributed by atoms with E-state index in [2.05, 4.69) is 46.4 Å². The van der Waals surface area contributed by atoms with Gasteiger partial charge in [-0.3, -0.25) is 9.69 Å². The normalized spacial score (nSPS) is 17.7. The molecule has 5 nitrogen and oxygen atoms in total. The molecule has 0 radical (unpaired) electrons. The second-order valence-electron chi connectivity index (χ2n) is 6.87. The van der Waals surface area contributed by atoms with Crippen LogP contribution in [0.5, 0.6) is 5.88 Å². The Hall–Kier alpha value is -2.40. The van der Waals surface area contributed by atoms with E-state index in [1.807, 2.05) is 0 Å². The zero-order valence-corrected chi connectivity index (χ0v) is 15.6. The van der Waals surface area contributed by atoms with Gasteiger partial charge in [0.15, 0.2) is 0 Å². The highest BCUT2D eigenvalue weighted by atomic mass is 16.5. The van der Waals surface area contributed by atoms with Gasteiger partial charge in [0.05, 0.1) is 7.11 Å². The van der Waals surface area contributed by atoms with Crippen molar-refractivity contribution in [3.8, 4) is 5.88 Å². The first-order valence-corrected chi connectivity index (χ1v) is 9.26. The van der Waals surface area contributed by atoms with E-state index < -0.39 is 0 Å². The summed E-state index contributed by atoms with van der Waals surface area (Å²) in [5, 5.41) is 2.93. The molecule has 1 unspecified atom stereocenters. The fourth-order valence-corrected chi connectivity index (χ4v) is 3.39. The van der Waals surface area contributed by atoms with Crippen LogP contribution in [0.25, 0.3) is 0 Å². The average molecular weight is 353 g/mol. The Balaban J connectivity index is 1.55. The molecule has 0 spiro atoms. The molecule has 3 rings (SSSR count). The fourth-order valence-electron chi connectivity index (χ4n) is 3.39. The lowest BCUT2D eigenvalue weighted by Crippen LogP contribution is -2.36. The van der Waals surface area contributed by atoms with Crippen molar-refractivity contribution in [2.75, 3.05) is 13.7 Å². The highest BCUT2D eigenvalue weighted by Crippen LogP contribution is 2.19. The quantitative estimate of drug-likeness (QED) is 0.865. The molecule has 1 aromatic carbocycles. The summed E-state index contributed by atoms with van der Waals surface area (Å²) in [6, 6.07) is 12.6. The van der Waals surface area contributed by atoms with E-state index in [4.69, 9.17) is 4.74 Å². The molecule has 2 heterocycles. The number of likely N-dealkylation sites (tertiary alicyclic amines) is 1. The first-order chi connectivity index (χ1) is 12.7. The van der Waals surface area contributed by atoms with Gasteiger partial charge in [0.25, 0.3) is 5.91 Å². The summed E-state index contributed by atoms with van der Waals surface area (Å²) in [6.45, 7) is 4.99. The van der Waals surface area contributed by atoms with Crippen LogP contribution < -0.4 is 10.1 Å². The van der Waals surface area contributed by atoms with Gasteiger partial charge in [-0.15, -0.1) is 0 Å². The smallest absolute Gasteiger partial charge is 0.257 e. The number of benzene rings is 1. The van der Waals surface area contributed by atoms with Gasteiger partial charge in [0.2, 0.25) is 5.88 Å². The number of methoxy groups -OCH3 is 1. The standard InChI is InChI=1S/C21H27N3O2/c1-16-6-3-4-13-24(16)15-18-10-8-17(9-11-18)14-23-20(25)19-7-5-12-22-21(19)26-2/h5,7-12,16H,3-4,6,13-15H2,1-2H3,(H,23,25). The van der Waals surface area contributed by atoms with E-state index in [1.54, 1.807) is 18.3 Å². The van der Waals surface area contributed by atoms with Crippen LogP contribution in [0.15, 0.2) is 42.6 Å². The van der Waals surface area contributed by atoms with Crippen molar-refractivity contribution in [1.82, 2.24) is 15.2 Å². The topological polar surface area (TPSA) is 54.5 Å². The van der Waals surface area contributed by atoms with Gasteiger partial charge in [-0.05, 0) is 49.6 Å². The third kappa shape index (κ3) is 4.61. The number of ether oxygens (including phenoxy) is 1. The van der Waals surface area contributed by atoms with E-state index >= 15 is 0 Å². The summed E-state index contributed by atoms with van der Waals surface area (Å²) in [6.07, 6.45) is 5.55. The molecule has 1 saturated heterocycles. The fraction of sp³-hybridized carbons (Fsp3) is 0.429. The number of piperidine rings is 1. The number of rotatable bonds is 6. The number of amides is 1. The van der Waals surface area contributed by atoms with E-state index in [9.17, 15) is 4.79 Å². The van der Waals surface area contributed by atoms with Crippen LogP contribution in [0.4, 0.5) is 0 Å². The minimum absolute atomic E-state index is 0.179. The van der Waals surface area contributed by atoms with Crippen LogP contribution in [-0.2, 0) is 13.1 Å². The van der Waals surface area contributed by atoms with Crippen LogP contribution >= 0.6 is 0 Å². The number of aromatic nitrogens is 1. The zero-order valence-electron chi connectivity index (χ0n) is 15.6. The third-order valence-corrected chi connectivity index (χ3v) is 5.01. The van der Waals surface area contributed by atoms with Gasteiger partial charge in [0, 0.05) is 25.3 Å². The third-order valence-electron chi connectivity index (χ3n) is 5.01. The Morgan fingerprint density at radius 1 is 1.23 bits per heavy atom. The number of pyridine rings is 1. The Kier molecular flexibility index (Phi) is 6.23. The van der Waals surface area contributed by atoms with Crippen LogP contribution in [0.2, 0.25) is 0 Å². The van der Waals surface area contributed by atoms with E-state index in [0.29, 0.717) is 24.0 Å². The molecule has 138 valence electrons. The Labute approximate surface area is 155 Å². The summed E-state index contributed by atoms with van der Waals surface area (Å²) in [4.78, 5) is 18.9. The minimum atomic E-state index is -0.179. The monoisotopic (exact) mass is 353 g/mol. The minimum Gasteiger partial charge on any atom is -0.480 e. The van der Waals surface area contributed by atoms with E-state index in [0.717, 1.165) is 12.1 Å². The van der Waals surface area contributed by atoms with Gasteiger partial charge in [-0.25, -0.2) is 4.98 Å². The average Bonchev–Trinajstić information content (AvgIpc) is 2.69. The van der Waals surface area contributed by atoms with Crippen LogP contribution in [0, 0.1) is 0 Å². The Bertz CT molecular complexity index is 730. The molecule has 2 aromatic rings. The molecule has 1 aliphatic rings. The van der Waals surface area contributed by atoms with E-state index in [1.165, 1.54) is 38.5 Å². The Morgan fingerprint density at radius 3 is 2.73 bits per heavy atom. The SMILES string of the molecule is COc1ncccc1C(=O)NCc1ccc(CN2CCCCC2C)cc1. The maximum atomic E-state index is 12.3. The molecule has 1 aromatic heterocycles. The van der Waals surface area contributed by atoms with Gasteiger partial charge >= 0.3 is 0 Å². The van der Waals surface area contributed by atoms with Crippen LogP contribution in [0.3, 0.4) is 0 Å². The van der Waals surface area contributed by atoms with E-state index in [-0.39, 0.29) is 5.91 Å². The summed E-state index contributed by atoms with van der Waals surface area (Å²) in [5.74, 6) is 0.164. The summed E-state index contributed by atoms with van der Waals surface area (Å²) in [7, 11) is 1.51. The summed E-state index contributed by atoms with van der Waals surface area (Å²) in [5.41, 5.74) is 2.85. The molecule has 1 aliphatic heterocycles. The van der Waals surface area contributed by atoms with Gasteiger partial charge < -0.3 is 10.1 Å².